The average molecular weight is 611 g/mol. The molecule has 0 amide bonds. The molecule has 44 heavy (non-hydrogen) atoms. The molecule has 0 fully saturated rings. The first kappa shape index (κ1) is 41.4. The molecule has 0 aliphatic heterocycles. The first-order valence-electron chi connectivity index (χ1n) is 18.0. The fourth-order valence-electron chi connectivity index (χ4n) is 5.14. The molecule has 0 bridgehead atoms. The number of carbonyl (C=O) groups is 2. The summed E-state index contributed by atoms with van der Waals surface area (Å²) in [6.07, 6.45) is 28.7. The van der Waals surface area contributed by atoms with Gasteiger partial charge in [-0.1, -0.05) is 203 Å². The van der Waals surface area contributed by atoms with Gasteiger partial charge in [0, 0.05) is 12.8 Å². The molecule has 0 aliphatic carbocycles. The highest BCUT2D eigenvalue weighted by Crippen LogP contribution is 2.17. The quantitative estimate of drug-likeness (QED) is 0.110. The topological polar surface area (TPSA) is 74.6 Å². The Morgan fingerprint density at radius 3 is 0.841 bits per heavy atom. The van der Waals surface area contributed by atoms with Gasteiger partial charge in [-0.2, -0.15) is 0 Å². The van der Waals surface area contributed by atoms with Crippen LogP contribution in [0.15, 0.2) is 60.7 Å². The predicted molar refractivity (Wildman–Crippen MR) is 189 cm³/mol. The number of hydrogen-bond donors (Lipinski definition) is 2. The monoisotopic (exact) mass is 610 g/mol. The Kier molecular flexibility index (Phi) is 31.3. The number of carboxylic acid groups (broad SMARTS) is 2. The average Bonchev–Trinajstić information content (AvgIpc) is 3.04. The summed E-state index contributed by atoms with van der Waals surface area (Å²) in [5.41, 5.74) is 2.55. The molecule has 0 saturated carbocycles. The van der Waals surface area contributed by atoms with E-state index in [2.05, 4.69) is 62.4 Å². The minimum Gasteiger partial charge on any atom is -0.481 e. The summed E-state index contributed by atoms with van der Waals surface area (Å²) in [6.45, 7) is 4.49. The second-order valence-electron chi connectivity index (χ2n) is 12.1. The van der Waals surface area contributed by atoms with E-state index in [1.54, 1.807) is 0 Å². The molecule has 0 atom stereocenters. The molecule has 2 aromatic carbocycles. The number of unbranched alkanes of at least 4 members (excludes halogenated alkanes) is 20. The van der Waals surface area contributed by atoms with Gasteiger partial charge in [-0.25, -0.2) is 0 Å². The number of benzene rings is 2. The normalized spacial score (nSPS) is 10.3. The van der Waals surface area contributed by atoms with Crippen molar-refractivity contribution in [2.45, 2.75) is 168 Å². The minimum absolute atomic E-state index is 0.344. The van der Waals surface area contributed by atoms with Crippen molar-refractivity contribution in [3.63, 3.8) is 0 Å². The zero-order chi connectivity index (χ0) is 32.4. The van der Waals surface area contributed by atoms with E-state index < -0.39 is 11.9 Å². The zero-order valence-electron chi connectivity index (χ0n) is 28.5. The van der Waals surface area contributed by atoms with Crippen LogP contribution in [-0.2, 0) is 9.59 Å². The van der Waals surface area contributed by atoms with Gasteiger partial charge in [0.25, 0.3) is 0 Å². The summed E-state index contributed by atoms with van der Waals surface area (Å²) in [5, 5.41) is 16.9. The van der Waals surface area contributed by atoms with Gasteiger partial charge in [-0.05, 0) is 24.0 Å². The van der Waals surface area contributed by atoms with Gasteiger partial charge < -0.3 is 10.2 Å². The number of carboxylic acids is 2. The zero-order valence-corrected chi connectivity index (χ0v) is 28.5. The van der Waals surface area contributed by atoms with Crippen molar-refractivity contribution < 1.29 is 19.8 Å². The van der Waals surface area contributed by atoms with Crippen molar-refractivity contribution in [3.05, 3.63) is 60.7 Å². The van der Waals surface area contributed by atoms with Gasteiger partial charge in [0.05, 0.1) is 0 Å². The van der Waals surface area contributed by atoms with Crippen LogP contribution >= 0.6 is 0 Å². The summed E-state index contributed by atoms with van der Waals surface area (Å²) in [7, 11) is 0. The van der Waals surface area contributed by atoms with Crippen LogP contribution in [0.1, 0.15) is 168 Å². The third kappa shape index (κ3) is 30.8. The molecule has 2 aromatic rings. The first-order chi connectivity index (χ1) is 21.5. The Bertz CT molecular complexity index is 792. The number of rotatable bonds is 25. The largest absolute Gasteiger partial charge is 0.481 e. The van der Waals surface area contributed by atoms with Crippen molar-refractivity contribution in [2.24, 2.45) is 0 Å². The van der Waals surface area contributed by atoms with Gasteiger partial charge in [-0.3, -0.25) is 9.59 Å². The number of aliphatic carboxylic acids is 2. The highest BCUT2D eigenvalue weighted by molar-refractivity contribution is 5.66. The third-order valence-corrected chi connectivity index (χ3v) is 7.87. The van der Waals surface area contributed by atoms with Crippen LogP contribution < -0.4 is 0 Å². The standard InChI is InChI=1S/2C14H28O2.C12H10/c2*1-2-3-4-5-6-7-8-9-10-11-12-13-14(15)16;1-3-7-11(8-4-1)12-9-5-2-6-10-12/h2*2-13H2,1H3,(H,15,16);1-10H. The second-order valence-corrected chi connectivity index (χ2v) is 12.1. The van der Waals surface area contributed by atoms with E-state index in [1.807, 2.05) is 12.1 Å². The van der Waals surface area contributed by atoms with E-state index in [1.165, 1.54) is 127 Å². The highest BCUT2D eigenvalue weighted by atomic mass is 16.4. The van der Waals surface area contributed by atoms with Crippen molar-refractivity contribution in [1.82, 2.24) is 0 Å². The molecule has 4 nitrogen and oxygen atoms in total. The fraction of sp³-hybridized carbons (Fsp3) is 0.650. The molecule has 0 saturated heterocycles. The maximum absolute atomic E-state index is 10.3. The molecular formula is C40H66O4. The van der Waals surface area contributed by atoms with Crippen LogP contribution in [0.2, 0.25) is 0 Å². The highest BCUT2D eigenvalue weighted by Gasteiger charge is 1.98. The molecule has 0 aliphatic rings. The summed E-state index contributed by atoms with van der Waals surface area (Å²) >= 11 is 0. The van der Waals surface area contributed by atoms with E-state index in [9.17, 15) is 9.59 Å². The van der Waals surface area contributed by atoms with E-state index in [0.29, 0.717) is 12.8 Å². The molecule has 4 heteroatoms. The lowest BCUT2D eigenvalue weighted by Crippen LogP contribution is -1.93. The molecule has 0 aromatic heterocycles. The van der Waals surface area contributed by atoms with Crippen LogP contribution in [0, 0.1) is 0 Å². The van der Waals surface area contributed by atoms with Crippen LogP contribution in [-0.4, -0.2) is 22.2 Å². The molecule has 250 valence electrons. The van der Waals surface area contributed by atoms with Crippen molar-refractivity contribution in [1.29, 1.82) is 0 Å². The molecule has 2 rings (SSSR count). The summed E-state index contributed by atoms with van der Waals surface area (Å²) < 4.78 is 0. The Labute approximate surface area is 271 Å². The Morgan fingerprint density at radius 1 is 0.386 bits per heavy atom. The van der Waals surface area contributed by atoms with E-state index >= 15 is 0 Å². The van der Waals surface area contributed by atoms with Gasteiger partial charge in [0.15, 0.2) is 0 Å². The van der Waals surface area contributed by atoms with E-state index in [0.717, 1.165) is 25.7 Å². The van der Waals surface area contributed by atoms with Gasteiger partial charge in [-0.15, -0.1) is 0 Å². The second kappa shape index (κ2) is 33.3. The lowest BCUT2D eigenvalue weighted by atomic mass is 10.1. The van der Waals surface area contributed by atoms with Gasteiger partial charge >= 0.3 is 11.9 Å². The van der Waals surface area contributed by atoms with Crippen LogP contribution in [0.4, 0.5) is 0 Å². The van der Waals surface area contributed by atoms with Crippen LogP contribution in [0.25, 0.3) is 11.1 Å². The maximum Gasteiger partial charge on any atom is 0.303 e. The first-order valence-corrected chi connectivity index (χ1v) is 18.0. The Morgan fingerprint density at radius 2 is 0.614 bits per heavy atom. The SMILES string of the molecule is CCCCCCCCCCCCCC(=O)O.CCCCCCCCCCCCCC(=O)O.c1ccc(-c2ccccc2)cc1. The molecule has 0 unspecified atom stereocenters. The Hall–Kier alpha value is -2.62. The Balaban J connectivity index is 0.000000635. The molecule has 0 heterocycles. The summed E-state index contributed by atoms with van der Waals surface area (Å²) in [4.78, 5) is 20.5. The summed E-state index contributed by atoms with van der Waals surface area (Å²) in [5.74, 6) is -1.31. The predicted octanol–water partition coefficient (Wildman–Crippen LogP) is 12.9. The lowest BCUT2D eigenvalue weighted by Gasteiger charge is -2.01. The van der Waals surface area contributed by atoms with E-state index in [-0.39, 0.29) is 0 Å². The maximum atomic E-state index is 10.3. The molecule has 0 spiro atoms. The van der Waals surface area contributed by atoms with Crippen molar-refractivity contribution >= 4 is 11.9 Å². The lowest BCUT2D eigenvalue weighted by molar-refractivity contribution is -0.138. The summed E-state index contributed by atoms with van der Waals surface area (Å²) in [6, 6.07) is 20.8. The van der Waals surface area contributed by atoms with Crippen molar-refractivity contribution in [3.8, 4) is 11.1 Å². The molecular weight excluding hydrogens is 544 g/mol. The smallest absolute Gasteiger partial charge is 0.303 e. The van der Waals surface area contributed by atoms with E-state index in [4.69, 9.17) is 10.2 Å². The molecule has 2 N–H and O–H groups in total. The fourth-order valence-corrected chi connectivity index (χ4v) is 5.14. The van der Waals surface area contributed by atoms with Gasteiger partial charge in [0.1, 0.15) is 0 Å². The van der Waals surface area contributed by atoms with Crippen molar-refractivity contribution in [2.75, 3.05) is 0 Å². The van der Waals surface area contributed by atoms with Crippen LogP contribution in [0.5, 0.6) is 0 Å². The minimum atomic E-state index is -0.657. The number of hydrogen-bond acceptors (Lipinski definition) is 2. The van der Waals surface area contributed by atoms with Gasteiger partial charge in [0.2, 0.25) is 0 Å². The molecule has 0 radical (unpaired) electrons. The van der Waals surface area contributed by atoms with Crippen LogP contribution in [0.3, 0.4) is 0 Å². The third-order valence-electron chi connectivity index (χ3n) is 7.87.